The van der Waals surface area contributed by atoms with Crippen LogP contribution in [-0.4, -0.2) is 15.6 Å². The fraction of sp³-hybridized carbons (Fsp3) is 0.450. The molecule has 1 aromatic rings. The Hall–Kier alpha value is -3.03. The monoisotopic (exact) mass is 386 g/mol. The van der Waals surface area contributed by atoms with Crippen LogP contribution in [-0.2, 0) is 0 Å². The minimum Gasteiger partial charge on any atom is -0.271 e. The molecule has 1 atom stereocenters. The lowest BCUT2D eigenvalue weighted by atomic mass is 9.68. The van der Waals surface area contributed by atoms with Gasteiger partial charge in [-0.2, -0.15) is 5.10 Å². The molecule has 1 aliphatic rings. The highest BCUT2D eigenvalue weighted by Gasteiger charge is 2.31. The van der Waals surface area contributed by atoms with Crippen LogP contribution in [0.4, 0.5) is 17.1 Å². The van der Waals surface area contributed by atoms with Crippen LogP contribution in [0.2, 0.25) is 0 Å². The second-order valence-corrected chi connectivity index (χ2v) is 7.99. The van der Waals surface area contributed by atoms with Gasteiger partial charge < -0.3 is 0 Å². The summed E-state index contributed by atoms with van der Waals surface area (Å²) < 4.78 is 0. The lowest BCUT2D eigenvalue weighted by Crippen LogP contribution is -2.26. The van der Waals surface area contributed by atoms with E-state index in [2.05, 4.69) is 38.2 Å². The van der Waals surface area contributed by atoms with Gasteiger partial charge in [0.1, 0.15) is 5.69 Å². The first-order valence-corrected chi connectivity index (χ1v) is 9.11. The van der Waals surface area contributed by atoms with Crippen molar-refractivity contribution in [3.8, 4) is 0 Å². The number of anilines is 1. The number of hydrazone groups is 1. The Kier molecular flexibility index (Phi) is 6.33. The third kappa shape index (κ3) is 5.03. The summed E-state index contributed by atoms with van der Waals surface area (Å²) in [6, 6.07) is 3.41. The van der Waals surface area contributed by atoms with E-state index >= 15 is 0 Å². The number of nitro benzene ring substituents is 2. The van der Waals surface area contributed by atoms with Gasteiger partial charge in [-0.1, -0.05) is 32.4 Å². The zero-order valence-electron chi connectivity index (χ0n) is 16.9. The molecule has 1 unspecified atom stereocenters. The fourth-order valence-electron chi connectivity index (χ4n) is 3.25. The van der Waals surface area contributed by atoms with E-state index in [1.165, 1.54) is 23.3 Å². The van der Waals surface area contributed by atoms with Crippen LogP contribution < -0.4 is 5.43 Å². The van der Waals surface area contributed by atoms with Crippen molar-refractivity contribution < 1.29 is 9.85 Å². The van der Waals surface area contributed by atoms with E-state index in [4.69, 9.17) is 0 Å². The zero-order chi connectivity index (χ0) is 21.1. The van der Waals surface area contributed by atoms with Crippen molar-refractivity contribution in [1.29, 1.82) is 0 Å². The van der Waals surface area contributed by atoms with Gasteiger partial charge in [-0.05, 0) is 55.7 Å². The average Bonchev–Trinajstić information content (AvgIpc) is 2.61. The largest absolute Gasteiger partial charge is 0.301 e. The molecule has 8 heteroatoms. The highest BCUT2D eigenvalue weighted by molar-refractivity contribution is 5.93. The standard InChI is InChI=1S/C20H26N4O4/c1-13-12-20(4,5)14(2)10-16(13)7-6-15(3)21-22-18-9-8-17(23(25)26)11-19(18)24(27)28/h6-9,11,14,22H,10,12H2,1-5H3/b7-6+,21-15+. The number of allylic oxidation sites excluding steroid dienone is 4. The lowest BCUT2D eigenvalue weighted by molar-refractivity contribution is -0.393. The zero-order valence-corrected chi connectivity index (χ0v) is 16.9. The minimum absolute atomic E-state index is 0.104. The highest BCUT2D eigenvalue weighted by atomic mass is 16.6. The summed E-state index contributed by atoms with van der Waals surface area (Å²) in [5.41, 5.74) is 5.61. The molecule has 0 saturated carbocycles. The second kappa shape index (κ2) is 8.33. The van der Waals surface area contributed by atoms with Crippen molar-refractivity contribution >= 4 is 22.8 Å². The van der Waals surface area contributed by atoms with E-state index in [1.54, 1.807) is 6.92 Å². The maximum atomic E-state index is 11.2. The van der Waals surface area contributed by atoms with Gasteiger partial charge in [0.25, 0.3) is 5.69 Å². The number of hydrogen-bond donors (Lipinski definition) is 1. The van der Waals surface area contributed by atoms with E-state index in [0.717, 1.165) is 18.9 Å². The molecule has 1 aliphatic carbocycles. The van der Waals surface area contributed by atoms with E-state index in [1.807, 2.05) is 12.2 Å². The van der Waals surface area contributed by atoms with Crippen LogP contribution in [0.15, 0.2) is 46.6 Å². The van der Waals surface area contributed by atoms with E-state index in [-0.39, 0.29) is 11.4 Å². The summed E-state index contributed by atoms with van der Waals surface area (Å²) >= 11 is 0. The Labute approximate surface area is 164 Å². The van der Waals surface area contributed by atoms with Gasteiger partial charge in [-0.15, -0.1) is 0 Å². The smallest absolute Gasteiger partial charge is 0.271 e. The first-order valence-electron chi connectivity index (χ1n) is 9.11. The number of nitrogens with zero attached hydrogens (tertiary/aromatic N) is 3. The number of nitro groups is 2. The van der Waals surface area contributed by atoms with Crippen molar-refractivity contribution in [3.05, 3.63) is 61.7 Å². The maximum Gasteiger partial charge on any atom is 0.301 e. The van der Waals surface area contributed by atoms with Gasteiger partial charge in [0.05, 0.1) is 21.6 Å². The van der Waals surface area contributed by atoms with Crippen LogP contribution in [0.5, 0.6) is 0 Å². The first kappa shape index (κ1) is 21.3. The van der Waals surface area contributed by atoms with Crippen molar-refractivity contribution in [2.24, 2.45) is 16.4 Å². The molecule has 0 spiro atoms. The van der Waals surface area contributed by atoms with Crippen LogP contribution in [0.25, 0.3) is 0 Å². The normalized spacial score (nSPS) is 19.8. The predicted octanol–water partition coefficient (Wildman–Crippen LogP) is 5.62. The molecule has 150 valence electrons. The SMILES string of the molecule is CC1=C(/C=C/C(C)=N/Nc2ccc([N+](=O)[O-])cc2[N+](=O)[O-])CC(C)C(C)(C)C1. The number of nitrogens with one attached hydrogen (secondary N) is 1. The summed E-state index contributed by atoms with van der Waals surface area (Å²) in [7, 11) is 0. The molecule has 8 nitrogen and oxygen atoms in total. The van der Waals surface area contributed by atoms with Gasteiger partial charge in [0.15, 0.2) is 0 Å². The minimum atomic E-state index is -0.671. The van der Waals surface area contributed by atoms with E-state index in [0.29, 0.717) is 17.0 Å². The van der Waals surface area contributed by atoms with Gasteiger partial charge in [0.2, 0.25) is 0 Å². The van der Waals surface area contributed by atoms with Crippen LogP contribution in [0, 0.1) is 31.6 Å². The third-order valence-corrected chi connectivity index (χ3v) is 5.40. The fourth-order valence-corrected chi connectivity index (χ4v) is 3.25. The topological polar surface area (TPSA) is 111 Å². The quantitative estimate of drug-likeness (QED) is 0.387. The molecule has 1 N–H and O–H groups in total. The predicted molar refractivity (Wildman–Crippen MR) is 111 cm³/mol. The third-order valence-electron chi connectivity index (χ3n) is 5.40. The molecule has 2 rings (SSSR count). The lowest BCUT2D eigenvalue weighted by Gasteiger charge is -2.37. The summed E-state index contributed by atoms with van der Waals surface area (Å²) in [5, 5.41) is 26.1. The Balaban J connectivity index is 2.16. The van der Waals surface area contributed by atoms with Gasteiger partial charge in [-0.25, -0.2) is 0 Å². The van der Waals surface area contributed by atoms with Gasteiger partial charge in [0, 0.05) is 6.07 Å². The van der Waals surface area contributed by atoms with Crippen molar-refractivity contribution in [2.45, 2.75) is 47.5 Å². The van der Waals surface area contributed by atoms with Crippen molar-refractivity contribution in [1.82, 2.24) is 0 Å². The summed E-state index contributed by atoms with van der Waals surface area (Å²) in [5.74, 6) is 0.578. The number of hydrogen-bond acceptors (Lipinski definition) is 6. The summed E-state index contributed by atoms with van der Waals surface area (Å²) in [6.07, 6.45) is 5.97. The van der Waals surface area contributed by atoms with Crippen LogP contribution in [0.3, 0.4) is 0 Å². The van der Waals surface area contributed by atoms with Gasteiger partial charge >= 0.3 is 5.69 Å². The average molecular weight is 386 g/mol. The molecule has 0 bridgehead atoms. The van der Waals surface area contributed by atoms with Gasteiger partial charge in [-0.3, -0.25) is 25.7 Å². The number of benzene rings is 1. The molecule has 0 saturated heterocycles. The van der Waals surface area contributed by atoms with Crippen molar-refractivity contribution in [2.75, 3.05) is 5.43 Å². The maximum absolute atomic E-state index is 11.2. The Morgan fingerprint density at radius 2 is 1.96 bits per heavy atom. The number of non-ortho nitro benzene ring substituents is 1. The molecule has 1 aromatic carbocycles. The molecular weight excluding hydrogens is 360 g/mol. The summed E-state index contributed by atoms with van der Waals surface area (Å²) in [4.78, 5) is 20.6. The van der Waals surface area contributed by atoms with Crippen molar-refractivity contribution in [3.63, 3.8) is 0 Å². The Morgan fingerprint density at radius 3 is 2.57 bits per heavy atom. The molecule has 28 heavy (non-hydrogen) atoms. The van der Waals surface area contributed by atoms with Crippen LogP contribution in [0.1, 0.15) is 47.5 Å². The Morgan fingerprint density at radius 1 is 1.29 bits per heavy atom. The first-order chi connectivity index (χ1) is 13.0. The highest BCUT2D eigenvalue weighted by Crippen LogP contribution is 2.43. The molecule has 0 heterocycles. The summed E-state index contributed by atoms with van der Waals surface area (Å²) in [6.45, 7) is 10.8. The molecule has 0 aromatic heterocycles. The van der Waals surface area contributed by atoms with Crippen LogP contribution >= 0.6 is 0 Å². The molecule has 0 aliphatic heterocycles. The van der Waals surface area contributed by atoms with E-state index < -0.39 is 15.5 Å². The second-order valence-electron chi connectivity index (χ2n) is 7.99. The van der Waals surface area contributed by atoms with E-state index in [9.17, 15) is 20.2 Å². The molecule has 0 amide bonds. The molecule has 0 fully saturated rings. The Bertz CT molecular complexity index is 884. The number of rotatable bonds is 6. The molecular formula is C20H26N4O4. The molecule has 0 radical (unpaired) electrons.